The molecule has 7 heteroatoms. The number of fused-ring (bicyclic) bond motifs is 1. The lowest BCUT2D eigenvalue weighted by Crippen LogP contribution is -2.38. The monoisotopic (exact) mass is 427 g/mol. The van der Waals surface area contributed by atoms with E-state index in [1.54, 1.807) is 16.2 Å². The molecule has 0 saturated carbocycles. The summed E-state index contributed by atoms with van der Waals surface area (Å²) in [7, 11) is 1.76. The van der Waals surface area contributed by atoms with E-state index in [4.69, 9.17) is 14.5 Å². The number of aryl methyl sites for hydroxylation is 3. The second-order valence-electron chi connectivity index (χ2n) is 7.40. The average molecular weight is 428 g/mol. The van der Waals surface area contributed by atoms with E-state index in [0.717, 1.165) is 33.8 Å². The fourth-order valence-electron chi connectivity index (χ4n) is 3.85. The Bertz CT molecular complexity index is 1220. The summed E-state index contributed by atoms with van der Waals surface area (Å²) in [6.45, 7) is 8.90. The van der Waals surface area contributed by atoms with Crippen molar-refractivity contribution >= 4 is 18.1 Å². The molecular formula is C23H26ClN3O3. The van der Waals surface area contributed by atoms with Crippen LogP contribution in [0.4, 0.5) is 5.69 Å². The van der Waals surface area contributed by atoms with E-state index in [-0.39, 0.29) is 24.9 Å². The normalized spacial score (nSPS) is 12.8. The molecule has 1 aromatic heterocycles. The topological polar surface area (TPSA) is 57.8 Å². The molecule has 0 N–H and O–H groups in total. The molecule has 0 aliphatic carbocycles. The van der Waals surface area contributed by atoms with Crippen molar-refractivity contribution < 1.29 is 9.47 Å². The minimum absolute atomic E-state index is 0. The van der Waals surface area contributed by atoms with Gasteiger partial charge in [0.1, 0.15) is 5.49 Å². The Kier molecular flexibility index (Phi) is 6.08. The van der Waals surface area contributed by atoms with Crippen LogP contribution in [0, 0.1) is 20.8 Å². The Morgan fingerprint density at radius 1 is 1.00 bits per heavy atom. The van der Waals surface area contributed by atoms with Crippen molar-refractivity contribution in [3.8, 4) is 22.8 Å². The van der Waals surface area contributed by atoms with Crippen LogP contribution in [0.5, 0.6) is 11.5 Å². The van der Waals surface area contributed by atoms with Gasteiger partial charge in [-0.3, -0.25) is 9.13 Å². The van der Waals surface area contributed by atoms with Crippen LogP contribution in [0.3, 0.4) is 0 Å². The highest BCUT2D eigenvalue weighted by Gasteiger charge is 2.16. The Labute approximate surface area is 181 Å². The number of aromatic nitrogens is 2. The van der Waals surface area contributed by atoms with Gasteiger partial charge in [0, 0.05) is 25.2 Å². The lowest BCUT2D eigenvalue weighted by atomic mass is 10.1. The Balaban J connectivity index is 0.00000256. The summed E-state index contributed by atoms with van der Waals surface area (Å²) >= 11 is 0. The van der Waals surface area contributed by atoms with Gasteiger partial charge >= 0.3 is 5.69 Å². The first-order chi connectivity index (χ1) is 13.9. The first-order valence-corrected chi connectivity index (χ1v) is 9.72. The number of nitrogens with zero attached hydrogens (tertiary/aromatic N) is 3. The molecular weight excluding hydrogens is 402 g/mol. The van der Waals surface area contributed by atoms with Crippen LogP contribution in [0.25, 0.3) is 11.3 Å². The van der Waals surface area contributed by atoms with Crippen LogP contribution in [-0.4, -0.2) is 15.9 Å². The standard InChI is InChI=1S/C23H25N3O3.ClH/c1-6-26-18(17-7-8-19-20(11-17)29-13-28-19)12-21(25(5)23(26)27)24-22-15(3)9-14(2)10-16(22)4;/h7-12H,6,13H2,1-5H3;1H/b24-21-;. The number of benzene rings is 2. The van der Waals surface area contributed by atoms with Crippen molar-refractivity contribution in [3.05, 3.63) is 69.1 Å². The number of halogens is 1. The van der Waals surface area contributed by atoms with Crippen molar-refractivity contribution in [3.63, 3.8) is 0 Å². The van der Waals surface area contributed by atoms with E-state index in [2.05, 4.69) is 19.1 Å². The van der Waals surface area contributed by atoms with E-state index in [1.807, 2.05) is 45.0 Å². The van der Waals surface area contributed by atoms with Crippen LogP contribution in [0.2, 0.25) is 0 Å². The Morgan fingerprint density at radius 2 is 1.67 bits per heavy atom. The third kappa shape index (κ3) is 3.75. The zero-order valence-electron chi connectivity index (χ0n) is 17.9. The fraction of sp³-hybridized carbons (Fsp3) is 0.304. The molecule has 3 aromatic rings. The molecule has 158 valence electrons. The lowest BCUT2D eigenvalue weighted by molar-refractivity contribution is 0.174. The summed E-state index contributed by atoms with van der Waals surface area (Å²) in [6, 6.07) is 11.9. The van der Waals surface area contributed by atoms with Gasteiger partial charge < -0.3 is 9.47 Å². The Hall–Kier alpha value is -2.99. The number of hydrogen-bond acceptors (Lipinski definition) is 4. The number of hydrogen-bond donors (Lipinski definition) is 0. The minimum atomic E-state index is -0.108. The van der Waals surface area contributed by atoms with Crippen molar-refractivity contribution in [2.45, 2.75) is 34.2 Å². The SMILES string of the molecule is CCn1c(-c2ccc3c(c2)OCO3)c/c(=N/c2c(C)cc(C)cc2C)n(C)c1=O.Cl. The molecule has 0 unspecified atom stereocenters. The molecule has 0 spiro atoms. The second-order valence-corrected chi connectivity index (χ2v) is 7.40. The zero-order valence-corrected chi connectivity index (χ0v) is 18.7. The van der Waals surface area contributed by atoms with Gasteiger partial charge in [0.25, 0.3) is 0 Å². The highest BCUT2D eigenvalue weighted by molar-refractivity contribution is 5.85. The molecule has 1 aliphatic rings. The largest absolute Gasteiger partial charge is 0.454 e. The van der Waals surface area contributed by atoms with E-state index < -0.39 is 0 Å². The minimum Gasteiger partial charge on any atom is -0.454 e. The molecule has 0 fully saturated rings. The van der Waals surface area contributed by atoms with Crippen LogP contribution in [-0.2, 0) is 13.6 Å². The molecule has 2 aromatic carbocycles. The van der Waals surface area contributed by atoms with Crippen molar-refractivity contribution in [2.75, 3.05) is 6.79 Å². The van der Waals surface area contributed by atoms with Crippen molar-refractivity contribution in [1.82, 2.24) is 9.13 Å². The molecule has 1 aliphatic heterocycles. The summed E-state index contributed by atoms with van der Waals surface area (Å²) < 4.78 is 14.3. The van der Waals surface area contributed by atoms with E-state index in [0.29, 0.717) is 17.8 Å². The summed E-state index contributed by atoms with van der Waals surface area (Å²) in [5.74, 6) is 1.41. The quantitative estimate of drug-likeness (QED) is 0.630. The van der Waals surface area contributed by atoms with Gasteiger partial charge in [-0.2, -0.15) is 0 Å². The molecule has 30 heavy (non-hydrogen) atoms. The van der Waals surface area contributed by atoms with Gasteiger partial charge in [0.15, 0.2) is 11.5 Å². The molecule has 0 amide bonds. The zero-order chi connectivity index (χ0) is 20.7. The predicted molar refractivity (Wildman–Crippen MR) is 120 cm³/mol. The first kappa shape index (κ1) is 21.7. The predicted octanol–water partition coefficient (Wildman–Crippen LogP) is 4.18. The molecule has 0 radical (unpaired) electrons. The molecule has 4 rings (SSSR count). The maximum absolute atomic E-state index is 13.1. The first-order valence-electron chi connectivity index (χ1n) is 9.72. The van der Waals surface area contributed by atoms with Gasteiger partial charge in [0.05, 0.1) is 11.4 Å². The van der Waals surface area contributed by atoms with E-state index in [9.17, 15) is 4.79 Å². The maximum atomic E-state index is 13.1. The van der Waals surface area contributed by atoms with Crippen molar-refractivity contribution in [1.29, 1.82) is 0 Å². The summed E-state index contributed by atoms with van der Waals surface area (Å²) in [6.07, 6.45) is 0. The number of ether oxygens (including phenoxy) is 2. The highest BCUT2D eigenvalue weighted by Crippen LogP contribution is 2.35. The van der Waals surface area contributed by atoms with E-state index >= 15 is 0 Å². The summed E-state index contributed by atoms with van der Waals surface area (Å²) in [4.78, 5) is 17.9. The second kappa shape index (κ2) is 8.40. The van der Waals surface area contributed by atoms with Crippen LogP contribution < -0.4 is 20.7 Å². The van der Waals surface area contributed by atoms with Crippen molar-refractivity contribution in [2.24, 2.45) is 12.0 Å². The smallest absolute Gasteiger partial charge is 0.329 e. The van der Waals surface area contributed by atoms with Crippen LogP contribution in [0.15, 0.2) is 46.2 Å². The third-order valence-electron chi connectivity index (χ3n) is 5.26. The maximum Gasteiger partial charge on any atom is 0.329 e. The number of rotatable bonds is 3. The molecule has 0 saturated heterocycles. The van der Waals surface area contributed by atoms with Gasteiger partial charge in [-0.25, -0.2) is 9.79 Å². The van der Waals surface area contributed by atoms with Gasteiger partial charge in [-0.05, 0) is 57.0 Å². The van der Waals surface area contributed by atoms with Gasteiger partial charge in [0.2, 0.25) is 6.79 Å². The van der Waals surface area contributed by atoms with Crippen LogP contribution in [0.1, 0.15) is 23.6 Å². The molecule has 2 heterocycles. The van der Waals surface area contributed by atoms with E-state index in [1.165, 1.54) is 5.56 Å². The summed E-state index contributed by atoms with van der Waals surface area (Å²) in [5.41, 5.74) is 6.48. The molecule has 6 nitrogen and oxygen atoms in total. The summed E-state index contributed by atoms with van der Waals surface area (Å²) in [5, 5.41) is 0. The van der Waals surface area contributed by atoms with Gasteiger partial charge in [-0.15, -0.1) is 12.4 Å². The van der Waals surface area contributed by atoms with Gasteiger partial charge in [-0.1, -0.05) is 17.7 Å². The third-order valence-corrected chi connectivity index (χ3v) is 5.26. The average Bonchev–Trinajstić information content (AvgIpc) is 3.15. The molecule has 0 atom stereocenters. The Morgan fingerprint density at radius 3 is 2.33 bits per heavy atom. The molecule has 0 bridgehead atoms. The highest BCUT2D eigenvalue weighted by atomic mass is 35.5. The fourth-order valence-corrected chi connectivity index (χ4v) is 3.85. The van der Waals surface area contributed by atoms with Crippen LogP contribution >= 0.6 is 12.4 Å². The lowest BCUT2D eigenvalue weighted by Gasteiger charge is -2.14.